The van der Waals surface area contributed by atoms with Gasteiger partial charge in [0.05, 0.1) is 12.7 Å². The lowest BCUT2D eigenvalue weighted by Gasteiger charge is -2.23. The lowest BCUT2D eigenvalue weighted by Crippen LogP contribution is -2.35. The molecule has 3 heteroatoms. The van der Waals surface area contributed by atoms with Crippen LogP contribution in [0.1, 0.15) is 64.0 Å². The Bertz CT molecular complexity index is 447. The summed E-state index contributed by atoms with van der Waals surface area (Å²) in [4.78, 5) is 0. The second kappa shape index (κ2) is 7.37. The molecule has 1 aromatic rings. The van der Waals surface area contributed by atoms with Gasteiger partial charge in [-0.2, -0.15) is 0 Å². The van der Waals surface area contributed by atoms with Gasteiger partial charge in [0.25, 0.3) is 0 Å². The van der Waals surface area contributed by atoms with Gasteiger partial charge in [-0.05, 0) is 51.3 Å². The standard InChI is InChI=1S/C18H28FNO/c1-18(2,3)20-12-14-9-10-17(19)15(11-14)13-21-16-7-5-4-6-8-16/h9-11,16,20H,4-8,12-13H2,1-3H3. The molecule has 0 saturated heterocycles. The van der Waals surface area contributed by atoms with Gasteiger partial charge in [0, 0.05) is 17.6 Å². The lowest BCUT2D eigenvalue weighted by molar-refractivity contribution is 0.0155. The highest BCUT2D eigenvalue weighted by atomic mass is 19.1. The average Bonchev–Trinajstić information content (AvgIpc) is 2.45. The Morgan fingerprint density at radius 2 is 1.90 bits per heavy atom. The van der Waals surface area contributed by atoms with E-state index in [0.29, 0.717) is 18.3 Å². The molecule has 0 heterocycles. The van der Waals surface area contributed by atoms with E-state index < -0.39 is 0 Å². The Balaban J connectivity index is 1.91. The summed E-state index contributed by atoms with van der Waals surface area (Å²) in [6.45, 7) is 7.52. The Morgan fingerprint density at radius 1 is 1.19 bits per heavy atom. The predicted molar refractivity (Wildman–Crippen MR) is 84.7 cm³/mol. The van der Waals surface area contributed by atoms with E-state index in [2.05, 4.69) is 26.1 Å². The van der Waals surface area contributed by atoms with Crippen LogP contribution in [0.15, 0.2) is 18.2 Å². The summed E-state index contributed by atoms with van der Waals surface area (Å²) in [5.41, 5.74) is 1.84. The van der Waals surface area contributed by atoms with Crippen LogP contribution in [0.2, 0.25) is 0 Å². The van der Waals surface area contributed by atoms with E-state index >= 15 is 0 Å². The molecule has 0 spiro atoms. The molecule has 21 heavy (non-hydrogen) atoms. The van der Waals surface area contributed by atoms with Crippen molar-refractivity contribution >= 4 is 0 Å². The summed E-state index contributed by atoms with van der Waals surface area (Å²) in [7, 11) is 0. The van der Waals surface area contributed by atoms with Crippen molar-refractivity contribution < 1.29 is 9.13 Å². The quantitative estimate of drug-likeness (QED) is 0.859. The predicted octanol–water partition coefficient (Wildman–Crippen LogP) is 4.56. The fraction of sp³-hybridized carbons (Fsp3) is 0.667. The van der Waals surface area contributed by atoms with Gasteiger partial charge in [-0.25, -0.2) is 4.39 Å². The third-order valence-electron chi connectivity index (χ3n) is 3.96. The minimum absolute atomic E-state index is 0.0626. The smallest absolute Gasteiger partial charge is 0.128 e. The number of ether oxygens (including phenoxy) is 1. The summed E-state index contributed by atoms with van der Waals surface area (Å²) in [5.74, 6) is -0.162. The maximum Gasteiger partial charge on any atom is 0.128 e. The zero-order valence-corrected chi connectivity index (χ0v) is 13.5. The molecular formula is C18H28FNO. The van der Waals surface area contributed by atoms with Gasteiger partial charge < -0.3 is 10.1 Å². The van der Waals surface area contributed by atoms with E-state index in [1.807, 2.05) is 12.1 Å². The van der Waals surface area contributed by atoms with Crippen LogP contribution >= 0.6 is 0 Å². The van der Waals surface area contributed by atoms with Gasteiger partial charge >= 0.3 is 0 Å². The molecular weight excluding hydrogens is 265 g/mol. The van der Waals surface area contributed by atoms with Crippen molar-refractivity contribution in [1.82, 2.24) is 5.32 Å². The Hall–Kier alpha value is -0.930. The zero-order valence-electron chi connectivity index (χ0n) is 13.5. The van der Waals surface area contributed by atoms with E-state index in [4.69, 9.17) is 4.74 Å². The van der Waals surface area contributed by atoms with Crippen LogP contribution in [0.4, 0.5) is 4.39 Å². The van der Waals surface area contributed by atoms with Crippen molar-refractivity contribution in [3.63, 3.8) is 0 Å². The van der Waals surface area contributed by atoms with Gasteiger partial charge in [-0.15, -0.1) is 0 Å². The first-order valence-electron chi connectivity index (χ1n) is 8.08. The Kier molecular flexibility index (Phi) is 5.77. The highest BCUT2D eigenvalue weighted by molar-refractivity contribution is 5.24. The van der Waals surface area contributed by atoms with Crippen LogP contribution < -0.4 is 5.32 Å². The SMILES string of the molecule is CC(C)(C)NCc1ccc(F)c(COC2CCCCC2)c1. The van der Waals surface area contributed by atoms with Crippen LogP contribution in [0.25, 0.3) is 0 Å². The number of rotatable bonds is 5. The minimum Gasteiger partial charge on any atom is -0.373 e. The summed E-state index contributed by atoms with van der Waals surface area (Å²) in [6, 6.07) is 5.33. The Morgan fingerprint density at radius 3 is 2.57 bits per heavy atom. The van der Waals surface area contributed by atoms with Crippen LogP contribution in [-0.2, 0) is 17.9 Å². The fourth-order valence-electron chi connectivity index (χ4n) is 2.66. The number of hydrogen-bond acceptors (Lipinski definition) is 2. The molecule has 1 fully saturated rings. The first-order valence-corrected chi connectivity index (χ1v) is 8.08. The highest BCUT2D eigenvalue weighted by Crippen LogP contribution is 2.22. The molecule has 0 aromatic heterocycles. The van der Waals surface area contributed by atoms with Gasteiger partial charge in [0.15, 0.2) is 0 Å². The van der Waals surface area contributed by atoms with E-state index in [0.717, 1.165) is 24.9 Å². The highest BCUT2D eigenvalue weighted by Gasteiger charge is 2.15. The lowest BCUT2D eigenvalue weighted by atomic mass is 9.98. The molecule has 0 aliphatic heterocycles. The molecule has 0 unspecified atom stereocenters. The fourth-order valence-corrected chi connectivity index (χ4v) is 2.66. The maximum atomic E-state index is 13.9. The third-order valence-corrected chi connectivity index (χ3v) is 3.96. The molecule has 0 bridgehead atoms. The number of benzene rings is 1. The third kappa shape index (κ3) is 5.76. The van der Waals surface area contributed by atoms with Crippen LogP contribution in [0.3, 0.4) is 0 Å². The van der Waals surface area contributed by atoms with Crippen LogP contribution in [0, 0.1) is 5.82 Å². The van der Waals surface area contributed by atoms with E-state index in [9.17, 15) is 4.39 Å². The molecule has 1 N–H and O–H groups in total. The second-order valence-corrected chi connectivity index (χ2v) is 7.10. The Labute approximate surface area is 128 Å². The molecule has 1 aliphatic carbocycles. The number of hydrogen-bond donors (Lipinski definition) is 1. The van der Waals surface area contributed by atoms with Gasteiger partial charge in [-0.1, -0.05) is 25.3 Å². The van der Waals surface area contributed by atoms with Crippen LogP contribution in [-0.4, -0.2) is 11.6 Å². The molecule has 1 aromatic carbocycles. The van der Waals surface area contributed by atoms with Crippen molar-refractivity contribution in [2.24, 2.45) is 0 Å². The normalized spacial score (nSPS) is 17.1. The summed E-state index contributed by atoms with van der Waals surface area (Å²) < 4.78 is 19.8. The summed E-state index contributed by atoms with van der Waals surface area (Å²) >= 11 is 0. The zero-order chi connectivity index (χ0) is 15.3. The van der Waals surface area contributed by atoms with Gasteiger partial charge in [0.1, 0.15) is 5.82 Å². The molecule has 1 saturated carbocycles. The van der Waals surface area contributed by atoms with Crippen molar-refractivity contribution in [3.05, 3.63) is 35.1 Å². The molecule has 0 amide bonds. The van der Waals surface area contributed by atoms with Crippen molar-refractivity contribution in [2.75, 3.05) is 0 Å². The first-order chi connectivity index (χ1) is 9.94. The molecule has 0 radical (unpaired) electrons. The van der Waals surface area contributed by atoms with Gasteiger partial charge in [0.2, 0.25) is 0 Å². The molecule has 2 rings (SSSR count). The van der Waals surface area contributed by atoms with Gasteiger partial charge in [-0.3, -0.25) is 0 Å². The average molecular weight is 293 g/mol. The number of nitrogens with one attached hydrogen (secondary N) is 1. The molecule has 1 aliphatic rings. The van der Waals surface area contributed by atoms with Crippen molar-refractivity contribution in [2.45, 2.75) is 77.7 Å². The van der Waals surface area contributed by atoms with E-state index in [1.54, 1.807) is 6.07 Å². The monoisotopic (exact) mass is 293 g/mol. The van der Waals surface area contributed by atoms with Crippen molar-refractivity contribution in [1.29, 1.82) is 0 Å². The second-order valence-electron chi connectivity index (χ2n) is 7.10. The molecule has 118 valence electrons. The largest absolute Gasteiger partial charge is 0.373 e. The molecule has 0 atom stereocenters. The summed E-state index contributed by atoms with van der Waals surface area (Å²) in [6.07, 6.45) is 6.34. The number of halogens is 1. The topological polar surface area (TPSA) is 21.3 Å². The summed E-state index contributed by atoms with van der Waals surface area (Å²) in [5, 5.41) is 3.43. The maximum absolute atomic E-state index is 13.9. The van der Waals surface area contributed by atoms with Crippen LogP contribution in [0.5, 0.6) is 0 Å². The van der Waals surface area contributed by atoms with E-state index in [-0.39, 0.29) is 11.4 Å². The minimum atomic E-state index is -0.162. The van der Waals surface area contributed by atoms with E-state index in [1.165, 1.54) is 19.3 Å². The molecule has 2 nitrogen and oxygen atoms in total. The first kappa shape index (κ1) is 16.4. The van der Waals surface area contributed by atoms with Crippen molar-refractivity contribution in [3.8, 4) is 0 Å².